The average Bonchev–Trinajstić information content (AvgIpc) is 2.37. The van der Waals surface area contributed by atoms with E-state index in [0.29, 0.717) is 6.42 Å². The van der Waals surface area contributed by atoms with Crippen LogP contribution >= 0.6 is 0 Å². The number of aliphatic hydroxyl groups excluding tert-OH is 1. The summed E-state index contributed by atoms with van der Waals surface area (Å²) < 4.78 is 5.47. The lowest BCUT2D eigenvalue weighted by atomic mass is 10.0. The van der Waals surface area contributed by atoms with Crippen LogP contribution in [-0.2, 0) is 0 Å². The first-order valence-corrected chi connectivity index (χ1v) is 6.45. The fraction of sp³-hybridized carbons (Fsp3) is 0.500. The lowest BCUT2D eigenvalue weighted by Crippen LogP contribution is -2.36. The second-order valence-electron chi connectivity index (χ2n) is 5.24. The van der Waals surface area contributed by atoms with E-state index in [1.807, 2.05) is 63.2 Å². The van der Waals surface area contributed by atoms with Crippen LogP contribution in [0.5, 0.6) is 5.75 Å². The fourth-order valence-electron chi connectivity index (χ4n) is 1.27. The van der Waals surface area contributed by atoms with Crippen LogP contribution in [0.15, 0.2) is 30.3 Å². The van der Waals surface area contributed by atoms with E-state index in [2.05, 4.69) is 11.8 Å². The highest BCUT2D eigenvalue weighted by Crippen LogP contribution is 2.10. The summed E-state index contributed by atoms with van der Waals surface area (Å²) in [5.74, 6) is 6.94. The number of benzene rings is 1. The van der Waals surface area contributed by atoms with E-state index in [4.69, 9.17) is 4.74 Å². The number of nitrogens with zero attached hydrogens (tertiary/aromatic N) is 1. The van der Waals surface area contributed by atoms with Crippen LogP contribution in [0, 0.1) is 11.8 Å². The third-order valence-electron chi connectivity index (χ3n) is 3.04. The Kier molecular flexibility index (Phi) is 5.88. The number of rotatable bonds is 5. The zero-order valence-electron chi connectivity index (χ0n) is 12.2. The van der Waals surface area contributed by atoms with Crippen molar-refractivity contribution in [1.82, 2.24) is 4.90 Å². The Morgan fingerprint density at radius 3 is 2.47 bits per heavy atom. The quantitative estimate of drug-likeness (QED) is 0.825. The highest BCUT2D eigenvalue weighted by molar-refractivity contribution is 5.21. The van der Waals surface area contributed by atoms with Crippen LogP contribution < -0.4 is 4.74 Å². The zero-order chi connectivity index (χ0) is 14.3. The zero-order valence-corrected chi connectivity index (χ0v) is 12.2. The van der Waals surface area contributed by atoms with Crippen LogP contribution in [0.2, 0.25) is 0 Å². The Hall–Kier alpha value is -1.50. The molecule has 1 aromatic carbocycles. The molecule has 0 bridgehead atoms. The maximum absolute atomic E-state index is 9.80. The number of aliphatic hydroxyl groups is 1. The molecule has 3 nitrogen and oxygen atoms in total. The molecule has 0 aliphatic carbocycles. The number of hydrogen-bond acceptors (Lipinski definition) is 3. The predicted molar refractivity (Wildman–Crippen MR) is 78.1 cm³/mol. The van der Waals surface area contributed by atoms with Gasteiger partial charge in [0.15, 0.2) is 0 Å². The van der Waals surface area contributed by atoms with Crippen LogP contribution in [0.1, 0.15) is 20.3 Å². The van der Waals surface area contributed by atoms with Crippen LogP contribution in [-0.4, -0.2) is 42.4 Å². The summed E-state index contributed by atoms with van der Waals surface area (Å²) in [7, 11) is 3.98. The summed E-state index contributed by atoms with van der Waals surface area (Å²) in [5, 5.41) is 9.80. The second-order valence-corrected chi connectivity index (χ2v) is 5.24. The van der Waals surface area contributed by atoms with Gasteiger partial charge in [-0.2, -0.15) is 0 Å². The molecule has 0 aliphatic rings. The van der Waals surface area contributed by atoms with Crippen molar-refractivity contribution in [3.63, 3.8) is 0 Å². The van der Waals surface area contributed by atoms with E-state index in [-0.39, 0.29) is 12.1 Å². The summed E-state index contributed by atoms with van der Waals surface area (Å²) in [4.78, 5) is 2.05. The van der Waals surface area contributed by atoms with E-state index in [1.165, 1.54) is 0 Å². The molecule has 0 aliphatic heterocycles. The van der Waals surface area contributed by atoms with Crippen molar-refractivity contribution in [1.29, 1.82) is 0 Å². The molecule has 0 saturated carbocycles. The first-order valence-electron chi connectivity index (χ1n) is 6.45. The van der Waals surface area contributed by atoms with Gasteiger partial charge in [0.2, 0.25) is 0 Å². The molecule has 0 spiro atoms. The first-order chi connectivity index (χ1) is 8.92. The molecule has 0 aromatic heterocycles. The summed E-state index contributed by atoms with van der Waals surface area (Å²) in [6, 6.07) is 9.47. The van der Waals surface area contributed by atoms with Gasteiger partial charge in [0.05, 0.1) is 11.6 Å². The van der Waals surface area contributed by atoms with Crippen molar-refractivity contribution < 1.29 is 9.84 Å². The van der Waals surface area contributed by atoms with E-state index in [1.54, 1.807) is 0 Å². The lowest BCUT2D eigenvalue weighted by molar-refractivity contribution is 0.111. The van der Waals surface area contributed by atoms with Gasteiger partial charge in [-0.25, -0.2) is 0 Å². The second kappa shape index (κ2) is 7.18. The van der Waals surface area contributed by atoms with Crippen LogP contribution in [0.25, 0.3) is 0 Å². The summed E-state index contributed by atoms with van der Waals surface area (Å²) in [5.41, 5.74) is -0.181. The van der Waals surface area contributed by atoms with Gasteiger partial charge >= 0.3 is 0 Å². The molecule has 1 N–H and O–H groups in total. The topological polar surface area (TPSA) is 32.7 Å². The summed E-state index contributed by atoms with van der Waals surface area (Å²) >= 11 is 0. The molecule has 1 atom stereocenters. The summed E-state index contributed by atoms with van der Waals surface area (Å²) in [6.07, 6.45) is -0.143. The normalized spacial score (nSPS) is 12.7. The van der Waals surface area contributed by atoms with Gasteiger partial charge in [0, 0.05) is 6.42 Å². The van der Waals surface area contributed by atoms with Crippen molar-refractivity contribution >= 4 is 0 Å². The fourth-order valence-corrected chi connectivity index (χ4v) is 1.27. The maximum Gasteiger partial charge on any atom is 0.119 e. The molecular weight excluding hydrogens is 238 g/mol. The maximum atomic E-state index is 9.80. The van der Waals surface area contributed by atoms with Crippen molar-refractivity contribution in [2.45, 2.75) is 31.9 Å². The van der Waals surface area contributed by atoms with E-state index in [9.17, 15) is 5.11 Å². The minimum absolute atomic E-state index is 0.181. The first kappa shape index (κ1) is 15.6. The third kappa shape index (κ3) is 5.78. The van der Waals surface area contributed by atoms with Gasteiger partial charge < -0.3 is 9.84 Å². The molecule has 104 valence electrons. The Labute approximate surface area is 116 Å². The molecule has 1 aromatic rings. The van der Waals surface area contributed by atoms with E-state index in [0.717, 1.165) is 5.75 Å². The molecule has 0 unspecified atom stereocenters. The summed E-state index contributed by atoms with van der Waals surface area (Å²) in [6.45, 7) is 4.36. The minimum Gasteiger partial charge on any atom is -0.491 e. The largest absolute Gasteiger partial charge is 0.491 e. The molecule has 19 heavy (non-hydrogen) atoms. The molecular formula is C16H23NO2. The van der Waals surface area contributed by atoms with Gasteiger partial charge in [-0.05, 0) is 40.1 Å². The molecule has 0 heterocycles. The van der Waals surface area contributed by atoms with Gasteiger partial charge in [-0.3, -0.25) is 4.90 Å². The van der Waals surface area contributed by atoms with Gasteiger partial charge in [0.1, 0.15) is 12.4 Å². The smallest absolute Gasteiger partial charge is 0.119 e. The Bertz CT molecular complexity index is 429. The van der Waals surface area contributed by atoms with Crippen molar-refractivity contribution in [3.8, 4) is 17.6 Å². The standard InChI is InChI=1S/C16H23NO2/c1-16(2,17(3)4)12-8-9-14(18)13-19-15-10-6-5-7-11-15/h5-7,10-11,14,18H,9,13H2,1-4H3/t14-/m0/s1. The Morgan fingerprint density at radius 2 is 1.89 bits per heavy atom. The van der Waals surface area contributed by atoms with Crippen LogP contribution in [0.3, 0.4) is 0 Å². The highest BCUT2D eigenvalue weighted by Gasteiger charge is 2.16. The molecule has 1 rings (SSSR count). The predicted octanol–water partition coefficient (Wildman–Crippen LogP) is 2.16. The highest BCUT2D eigenvalue weighted by atomic mass is 16.5. The number of para-hydroxylation sites is 1. The van der Waals surface area contributed by atoms with Crippen LogP contribution in [0.4, 0.5) is 0 Å². The lowest BCUT2D eigenvalue weighted by Gasteiger charge is -2.26. The molecule has 0 fully saturated rings. The third-order valence-corrected chi connectivity index (χ3v) is 3.04. The number of hydrogen-bond donors (Lipinski definition) is 1. The van der Waals surface area contributed by atoms with Gasteiger partial charge in [-0.15, -0.1) is 0 Å². The van der Waals surface area contributed by atoms with E-state index >= 15 is 0 Å². The molecule has 0 amide bonds. The van der Waals surface area contributed by atoms with Gasteiger partial charge in [-0.1, -0.05) is 30.0 Å². The van der Waals surface area contributed by atoms with Crippen molar-refractivity contribution in [3.05, 3.63) is 30.3 Å². The van der Waals surface area contributed by atoms with Gasteiger partial charge in [0.25, 0.3) is 0 Å². The molecule has 0 saturated heterocycles. The Balaban J connectivity index is 2.37. The van der Waals surface area contributed by atoms with Crippen molar-refractivity contribution in [2.24, 2.45) is 0 Å². The number of ether oxygens (including phenoxy) is 1. The Morgan fingerprint density at radius 1 is 1.26 bits per heavy atom. The molecule has 3 heteroatoms. The SMILES string of the molecule is CN(C)C(C)(C)C#CC[C@H](O)COc1ccccc1. The monoisotopic (exact) mass is 261 g/mol. The van der Waals surface area contributed by atoms with E-state index < -0.39 is 6.10 Å². The van der Waals surface area contributed by atoms with Crippen molar-refractivity contribution in [2.75, 3.05) is 20.7 Å². The minimum atomic E-state index is -0.564. The average molecular weight is 261 g/mol. The molecule has 0 radical (unpaired) electrons.